The molecule has 0 aromatic rings. The number of rotatable bonds is 64. The predicted molar refractivity (Wildman–Crippen MR) is 333 cm³/mol. The van der Waals surface area contributed by atoms with Crippen LogP contribution in [0.5, 0.6) is 0 Å². The summed E-state index contributed by atoms with van der Waals surface area (Å²) in [6.07, 6.45) is 83.1. The van der Waals surface area contributed by atoms with Crippen molar-refractivity contribution in [2.45, 2.75) is 386 Å². The number of hydrogen-bond acceptors (Lipinski definition) is 5. The second-order valence-electron chi connectivity index (χ2n) is 23.5. The molecule has 0 saturated heterocycles. The summed E-state index contributed by atoms with van der Waals surface area (Å²) in [6, 6.07) is -0.548. The number of aliphatic hydroxyl groups is 2. The molecule has 2 unspecified atom stereocenters. The van der Waals surface area contributed by atoms with E-state index < -0.39 is 12.1 Å². The smallest absolute Gasteiger partial charge is 0.305 e. The number of esters is 1. The van der Waals surface area contributed by atoms with E-state index in [1.54, 1.807) is 0 Å². The standard InChI is InChI=1S/C70H133NO5/c1-3-5-7-9-11-13-15-17-19-21-27-32-36-40-44-48-52-56-60-64-70(75)76-65-61-57-53-49-45-41-37-33-29-26-24-23-25-28-31-35-39-43-47-51-55-59-63-69(74)71-67(66-72)68(73)62-58-54-50-46-42-38-34-30-22-20-18-16-14-12-10-8-6-4-2/h11,13,17,19,25,28,67-68,72-73H,3-10,12,14-16,18,20-24,26-27,29-66H2,1-2H3,(H,71,74)/b13-11-,19-17-,28-25-. The van der Waals surface area contributed by atoms with Crippen LogP contribution in [0.4, 0.5) is 0 Å². The first-order chi connectivity index (χ1) is 37.5. The van der Waals surface area contributed by atoms with E-state index in [2.05, 4.69) is 55.6 Å². The maximum atomic E-state index is 12.5. The molecule has 0 fully saturated rings. The average Bonchev–Trinajstić information content (AvgIpc) is 3.42. The molecule has 448 valence electrons. The van der Waals surface area contributed by atoms with Gasteiger partial charge in [0.15, 0.2) is 0 Å². The van der Waals surface area contributed by atoms with Crippen LogP contribution in [0.3, 0.4) is 0 Å². The van der Waals surface area contributed by atoms with Gasteiger partial charge in [0, 0.05) is 12.8 Å². The van der Waals surface area contributed by atoms with Crippen molar-refractivity contribution in [2.75, 3.05) is 13.2 Å². The second kappa shape index (κ2) is 65.6. The van der Waals surface area contributed by atoms with Crippen molar-refractivity contribution in [1.82, 2.24) is 5.32 Å². The molecule has 0 heterocycles. The molecule has 0 saturated carbocycles. The fraction of sp³-hybridized carbons (Fsp3) is 0.886. The molecule has 0 radical (unpaired) electrons. The van der Waals surface area contributed by atoms with Gasteiger partial charge in [0.05, 0.1) is 25.4 Å². The third kappa shape index (κ3) is 61.3. The zero-order valence-corrected chi connectivity index (χ0v) is 51.3. The fourth-order valence-corrected chi connectivity index (χ4v) is 10.7. The number of carbonyl (C=O) groups excluding carboxylic acids is 2. The second-order valence-corrected chi connectivity index (χ2v) is 23.5. The van der Waals surface area contributed by atoms with E-state index in [1.165, 1.54) is 289 Å². The first-order valence-corrected chi connectivity index (χ1v) is 34.2. The van der Waals surface area contributed by atoms with E-state index >= 15 is 0 Å². The molecule has 2 atom stereocenters. The Kier molecular flexibility index (Phi) is 63.9. The minimum Gasteiger partial charge on any atom is -0.466 e. The van der Waals surface area contributed by atoms with Gasteiger partial charge in [0.1, 0.15) is 0 Å². The summed E-state index contributed by atoms with van der Waals surface area (Å²) >= 11 is 0. The summed E-state index contributed by atoms with van der Waals surface area (Å²) in [5, 5.41) is 23.4. The summed E-state index contributed by atoms with van der Waals surface area (Å²) in [5.41, 5.74) is 0. The maximum absolute atomic E-state index is 12.5. The third-order valence-corrected chi connectivity index (χ3v) is 15.9. The van der Waals surface area contributed by atoms with E-state index in [0.717, 1.165) is 51.4 Å². The number of aliphatic hydroxyl groups excluding tert-OH is 2. The first kappa shape index (κ1) is 74.1. The number of carbonyl (C=O) groups is 2. The minimum absolute atomic E-state index is 0.00674. The number of amides is 1. The van der Waals surface area contributed by atoms with Crippen molar-refractivity contribution in [1.29, 1.82) is 0 Å². The normalized spacial score (nSPS) is 12.7. The van der Waals surface area contributed by atoms with Crippen LogP contribution in [0, 0.1) is 0 Å². The Balaban J connectivity index is 3.40. The molecule has 0 rings (SSSR count). The minimum atomic E-state index is -0.670. The van der Waals surface area contributed by atoms with Gasteiger partial charge >= 0.3 is 5.97 Å². The van der Waals surface area contributed by atoms with Gasteiger partial charge in [-0.1, -0.05) is 314 Å². The van der Waals surface area contributed by atoms with Gasteiger partial charge < -0.3 is 20.3 Å². The Morgan fingerprint density at radius 3 is 1.04 bits per heavy atom. The largest absolute Gasteiger partial charge is 0.466 e. The summed E-state index contributed by atoms with van der Waals surface area (Å²) in [7, 11) is 0. The zero-order chi connectivity index (χ0) is 55.0. The van der Waals surface area contributed by atoms with Gasteiger partial charge in [-0.15, -0.1) is 0 Å². The molecule has 0 spiro atoms. The molecular weight excluding hydrogens is 935 g/mol. The van der Waals surface area contributed by atoms with E-state index in [4.69, 9.17) is 4.74 Å². The molecular formula is C70H133NO5. The molecule has 0 aliphatic carbocycles. The molecule has 0 bridgehead atoms. The topological polar surface area (TPSA) is 95.9 Å². The fourth-order valence-electron chi connectivity index (χ4n) is 10.7. The van der Waals surface area contributed by atoms with Crippen molar-refractivity contribution in [3.8, 4) is 0 Å². The Labute approximate surface area is 474 Å². The van der Waals surface area contributed by atoms with Gasteiger partial charge in [-0.05, 0) is 83.5 Å². The van der Waals surface area contributed by atoms with Crippen LogP contribution in [-0.4, -0.2) is 47.4 Å². The van der Waals surface area contributed by atoms with Crippen LogP contribution in [0.15, 0.2) is 36.5 Å². The molecule has 6 heteroatoms. The molecule has 76 heavy (non-hydrogen) atoms. The SMILES string of the molecule is CCCCC/C=C\C/C=C\CCCCCCCCCCCC(=O)OCCCCCCCCCCCCC/C=C\CCCCCCCCCC(=O)NC(CO)C(O)CCCCCCCCCCCCCCCCCCCC. The van der Waals surface area contributed by atoms with E-state index in [-0.39, 0.29) is 18.5 Å². The van der Waals surface area contributed by atoms with Crippen molar-refractivity contribution in [3.63, 3.8) is 0 Å². The molecule has 3 N–H and O–H groups in total. The van der Waals surface area contributed by atoms with Crippen LogP contribution < -0.4 is 5.32 Å². The molecule has 0 aromatic heterocycles. The number of nitrogens with one attached hydrogen (secondary N) is 1. The highest BCUT2D eigenvalue weighted by molar-refractivity contribution is 5.76. The Hall–Kier alpha value is -1.92. The third-order valence-electron chi connectivity index (χ3n) is 15.9. The number of hydrogen-bond donors (Lipinski definition) is 3. The molecule has 1 amide bonds. The lowest BCUT2D eigenvalue weighted by Crippen LogP contribution is -2.45. The summed E-state index contributed by atoms with van der Waals surface area (Å²) in [6.45, 7) is 4.95. The summed E-state index contributed by atoms with van der Waals surface area (Å²) < 4.78 is 5.50. The summed E-state index contributed by atoms with van der Waals surface area (Å²) in [4.78, 5) is 24.6. The molecule has 0 aromatic carbocycles. The average molecular weight is 1070 g/mol. The van der Waals surface area contributed by atoms with Crippen molar-refractivity contribution in [2.24, 2.45) is 0 Å². The van der Waals surface area contributed by atoms with Crippen molar-refractivity contribution >= 4 is 11.9 Å². The van der Waals surface area contributed by atoms with Gasteiger partial charge in [-0.3, -0.25) is 9.59 Å². The van der Waals surface area contributed by atoms with Crippen LogP contribution >= 0.6 is 0 Å². The Bertz CT molecular complexity index is 1230. The highest BCUT2D eigenvalue weighted by Crippen LogP contribution is 2.18. The number of ether oxygens (including phenoxy) is 1. The van der Waals surface area contributed by atoms with Crippen LogP contribution in [0.1, 0.15) is 373 Å². The quantitative estimate of drug-likeness (QED) is 0.0320. The van der Waals surface area contributed by atoms with Crippen LogP contribution in [0.25, 0.3) is 0 Å². The van der Waals surface area contributed by atoms with Crippen molar-refractivity contribution < 1.29 is 24.5 Å². The monoisotopic (exact) mass is 1070 g/mol. The zero-order valence-electron chi connectivity index (χ0n) is 51.3. The Morgan fingerprint density at radius 1 is 0.368 bits per heavy atom. The van der Waals surface area contributed by atoms with E-state index in [0.29, 0.717) is 25.9 Å². The van der Waals surface area contributed by atoms with Crippen LogP contribution in [-0.2, 0) is 14.3 Å². The van der Waals surface area contributed by atoms with E-state index in [9.17, 15) is 19.8 Å². The van der Waals surface area contributed by atoms with Crippen molar-refractivity contribution in [3.05, 3.63) is 36.5 Å². The number of allylic oxidation sites excluding steroid dienone is 6. The lowest BCUT2D eigenvalue weighted by Gasteiger charge is -2.22. The van der Waals surface area contributed by atoms with Crippen LogP contribution in [0.2, 0.25) is 0 Å². The predicted octanol–water partition coefficient (Wildman–Crippen LogP) is 21.9. The number of unbranched alkanes of at least 4 members (excludes halogenated alkanes) is 47. The molecule has 0 aliphatic rings. The van der Waals surface area contributed by atoms with Gasteiger partial charge in [-0.25, -0.2) is 0 Å². The van der Waals surface area contributed by atoms with Gasteiger partial charge in [-0.2, -0.15) is 0 Å². The van der Waals surface area contributed by atoms with Gasteiger partial charge in [0.2, 0.25) is 5.91 Å². The molecule has 6 nitrogen and oxygen atoms in total. The lowest BCUT2D eigenvalue weighted by molar-refractivity contribution is -0.143. The Morgan fingerprint density at radius 2 is 0.658 bits per heavy atom. The highest BCUT2D eigenvalue weighted by atomic mass is 16.5. The van der Waals surface area contributed by atoms with Gasteiger partial charge in [0.25, 0.3) is 0 Å². The lowest BCUT2D eigenvalue weighted by atomic mass is 10.0. The first-order valence-electron chi connectivity index (χ1n) is 34.2. The van der Waals surface area contributed by atoms with E-state index in [1.807, 2.05) is 0 Å². The highest BCUT2D eigenvalue weighted by Gasteiger charge is 2.20. The maximum Gasteiger partial charge on any atom is 0.305 e. The molecule has 0 aliphatic heterocycles. The summed E-state index contributed by atoms with van der Waals surface area (Å²) in [5.74, 6) is -0.0324.